The van der Waals surface area contributed by atoms with Crippen LogP contribution in [0, 0.1) is 0 Å². The van der Waals surface area contributed by atoms with E-state index in [1.54, 1.807) is 41.3 Å². The fourth-order valence-electron chi connectivity index (χ4n) is 3.48. The zero-order valence-electron chi connectivity index (χ0n) is 18.0. The maximum atomic E-state index is 12.9. The summed E-state index contributed by atoms with van der Waals surface area (Å²) in [6.45, 7) is 5.57. The summed E-state index contributed by atoms with van der Waals surface area (Å²) < 4.78 is 27.2. The summed E-state index contributed by atoms with van der Waals surface area (Å²) in [6.07, 6.45) is 0.183. The predicted octanol–water partition coefficient (Wildman–Crippen LogP) is 2.46. The van der Waals surface area contributed by atoms with Crippen molar-refractivity contribution in [2.75, 3.05) is 32.7 Å². The maximum Gasteiger partial charge on any atom is 0.251 e. The molecule has 31 heavy (non-hydrogen) atoms. The van der Waals surface area contributed by atoms with Gasteiger partial charge in [-0.3, -0.25) is 9.59 Å². The zero-order valence-corrected chi connectivity index (χ0v) is 18.8. The maximum absolute atomic E-state index is 12.9. The summed E-state index contributed by atoms with van der Waals surface area (Å²) >= 11 is 0. The van der Waals surface area contributed by atoms with Crippen molar-refractivity contribution < 1.29 is 18.0 Å². The summed E-state index contributed by atoms with van der Waals surface area (Å²) in [5.74, 6) is 0.0308. The van der Waals surface area contributed by atoms with Crippen molar-refractivity contribution in [3.05, 3.63) is 65.7 Å². The fourth-order valence-corrected chi connectivity index (χ4v) is 4.91. The van der Waals surface area contributed by atoms with Crippen LogP contribution in [0.1, 0.15) is 42.1 Å². The molecule has 0 radical (unpaired) electrons. The van der Waals surface area contributed by atoms with Crippen LogP contribution in [0.2, 0.25) is 0 Å². The van der Waals surface area contributed by atoms with Gasteiger partial charge in [0.05, 0.1) is 4.90 Å². The Labute approximate surface area is 184 Å². The number of nitrogens with zero attached hydrogens (tertiary/aromatic N) is 2. The Kier molecular flexibility index (Phi) is 7.46. The lowest BCUT2D eigenvalue weighted by molar-refractivity contribution is -0.132. The van der Waals surface area contributed by atoms with Crippen molar-refractivity contribution in [3.63, 3.8) is 0 Å². The third-order valence-corrected chi connectivity index (χ3v) is 7.35. The van der Waals surface area contributed by atoms with Gasteiger partial charge in [-0.2, -0.15) is 4.31 Å². The van der Waals surface area contributed by atoms with E-state index in [0.29, 0.717) is 24.6 Å². The average Bonchev–Trinajstić information content (AvgIpc) is 2.79. The predicted molar refractivity (Wildman–Crippen MR) is 119 cm³/mol. The van der Waals surface area contributed by atoms with Crippen LogP contribution in [0.15, 0.2) is 59.5 Å². The molecule has 0 aliphatic carbocycles. The van der Waals surface area contributed by atoms with E-state index in [2.05, 4.69) is 19.2 Å². The Hall–Kier alpha value is -2.71. The molecule has 1 saturated heterocycles. The number of hydrogen-bond donors (Lipinski definition) is 1. The monoisotopic (exact) mass is 443 g/mol. The molecule has 0 atom stereocenters. The second-order valence-electron chi connectivity index (χ2n) is 7.88. The molecule has 166 valence electrons. The van der Waals surface area contributed by atoms with E-state index in [-0.39, 0.29) is 42.8 Å². The van der Waals surface area contributed by atoms with Gasteiger partial charge in [0.25, 0.3) is 5.91 Å². The van der Waals surface area contributed by atoms with Crippen LogP contribution in [0.3, 0.4) is 0 Å². The first kappa shape index (κ1) is 23.0. The highest BCUT2D eigenvalue weighted by molar-refractivity contribution is 7.89. The molecule has 8 heteroatoms. The van der Waals surface area contributed by atoms with Gasteiger partial charge in [0, 0.05) is 44.7 Å². The van der Waals surface area contributed by atoms with E-state index in [1.165, 1.54) is 4.31 Å². The van der Waals surface area contributed by atoms with Gasteiger partial charge in [0.1, 0.15) is 0 Å². The van der Waals surface area contributed by atoms with Gasteiger partial charge in [-0.25, -0.2) is 8.42 Å². The highest BCUT2D eigenvalue weighted by Gasteiger charge is 2.30. The molecular formula is C23H29N3O4S. The first-order chi connectivity index (χ1) is 14.8. The van der Waals surface area contributed by atoms with Gasteiger partial charge in [-0.05, 0) is 35.7 Å². The van der Waals surface area contributed by atoms with Crippen LogP contribution in [0.4, 0.5) is 0 Å². The number of benzene rings is 2. The molecular weight excluding hydrogens is 414 g/mol. The van der Waals surface area contributed by atoms with Crippen LogP contribution in [-0.2, 0) is 14.8 Å². The van der Waals surface area contributed by atoms with Gasteiger partial charge in [0.2, 0.25) is 15.9 Å². The minimum Gasteiger partial charge on any atom is -0.352 e. The smallest absolute Gasteiger partial charge is 0.251 e. The van der Waals surface area contributed by atoms with Crippen molar-refractivity contribution in [2.45, 2.75) is 31.1 Å². The van der Waals surface area contributed by atoms with Gasteiger partial charge in [-0.15, -0.1) is 0 Å². The van der Waals surface area contributed by atoms with E-state index in [0.717, 1.165) is 5.56 Å². The van der Waals surface area contributed by atoms with E-state index in [9.17, 15) is 18.0 Å². The molecule has 0 saturated carbocycles. The third-order valence-electron chi connectivity index (χ3n) is 5.44. The summed E-state index contributed by atoms with van der Waals surface area (Å²) in [6, 6.07) is 15.8. The van der Waals surface area contributed by atoms with E-state index < -0.39 is 10.0 Å². The van der Waals surface area contributed by atoms with E-state index in [1.807, 2.05) is 18.2 Å². The molecule has 1 N–H and O–H groups in total. The molecule has 1 aliphatic rings. The number of rotatable bonds is 7. The Morgan fingerprint density at radius 3 is 2.13 bits per heavy atom. The molecule has 7 nitrogen and oxygen atoms in total. The van der Waals surface area contributed by atoms with E-state index >= 15 is 0 Å². The molecule has 0 bridgehead atoms. The SMILES string of the molecule is CC(C)c1ccc(S(=O)(=O)N2CCN(C(=O)CCNC(=O)c3ccccc3)CC2)cc1. The Morgan fingerprint density at radius 2 is 1.55 bits per heavy atom. The first-order valence-corrected chi connectivity index (χ1v) is 11.9. The molecule has 0 spiro atoms. The van der Waals surface area contributed by atoms with Crippen LogP contribution in [-0.4, -0.2) is 62.2 Å². The standard InChI is InChI=1S/C23H29N3O4S/c1-18(2)19-8-10-21(11-9-19)31(29,30)26-16-14-25(15-17-26)22(27)12-13-24-23(28)20-6-4-3-5-7-20/h3-11,18H,12-17H2,1-2H3,(H,24,28). The summed E-state index contributed by atoms with van der Waals surface area (Å²) in [5.41, 5.74) is 1.64. The number of hydrogen-bond acceptors (Lipinski definition) is 4. The number of carbonyl (C=O) groups excluding carboxylic acids is 2. The lowest BCUT2D eigenvalue weighted by Crippen LogP contribution is -2.50. The van der Waals surface area contributed by atoms with Crippen molar-refractivity contribution >= 4 is 21.8 Å². The normalized spacial score (nSPS) is 15.1. The van der Waals surface area contributed by atoms with Gasteiger partial charge in [0.15, 0.2) is 0 Å². The summed E-state index contributed by atoms with van der Waals surface area (Å²) in [5, 5.41) is 2.74. The number of piperazine rings is 1. The lowest BCUT2D eigenvalue weighted by atomic mass is 10.0. The first-order valence-electron chi connectivity index (χ1n) is 10.5. The molecule has 1 fully saturated rings. The van der Waals surface area contributed by atoms with Crippen molar-refractivity contribution in [3.8, 4) is 0 Å². The zero-order chi connectivity index (χ0) is 22.4. The second kappa shape index (κ2) is 10.1. The minimum atomic E-state index is -3.57. The summed E-state index contributed by atoms with van der Waals surface area (Å²) in [4.78, 5) is 26.4. The van der Waals surface area contributed by atoms with Gasteiger partial charge in [-0.1, -0.05) is 44.2 Å². The molecule has 0 aromatic heterocycles. The van der Waals surface area contributed by atoms with Gasteiger partial charge < -0.3 is 10.2 Å². The number of sulfonamides is 1. The van der Waals surface area contributed by atoms with E-state index in [4.69, 9.17) is 0 Å². The lowest BCUT2D eigenvalue weighted by Gasteiger charge is -2.34. The Bertz CT molecular complexity index is 997. The molecule has 0 unspecified atom stereocenters. The van der Waals surface area contributed by atoms with Crippen molar-refractivity contribution in [1.29, 1.82) is 0 Å². The van der Waals surface area contributed by atoms with Crippen LogP contribution >= 0.6 is 0 Å². The van der Waals surface area contributed by atoms with Crippen molar-refractivity contribution in [2.24, 2.45) is 0 Å². The summed E-state index contributed by atoms with van der Waals surface area (Å²) in [7, 11) is -3.57. The molecule has 1 aliphatic heterocycles. The highest BCUT2D eigenvalue weighted by atomic mass is 32.2. The molecule has 3 rings (SSSR count). The van der Waals surface area contributed by atoms with Crippen molar-refractivity contribution in [1.82, 2.24) is 14.5 Å². The van der Waals surface area contributed by atoms with Gasteiger partial charge >= 0.3 is 0 Å². The topological polar surface area (TPSA) is 86.8 Å². The fraction of sp³-hybridized carbons (Fsp3) is 0.391. The largest absolute Gasteiger partial charge is 0.352 e. The quantitative estimate of drug-likeness (QED) is 0.712. The Balaban J connectivity index is 1.48. The number of amides is 2. The Morgan fingerprint density at radius 1 is 0.935 bits per heavy atom. The molecule has 2 aromatic rings. The second-order valence-corrected chi connectivity index (χ2v) is 9.82. The molecule has 1 heterocycles. The average molecular weight is 444 g/mol. The highest BCUT2D eigenvalue weighted by Crippen LogP contribution is 2.21. The van der Waals surface area contributed by atoms with Crippen LogP contribution in [0.25, 0.3) is 0 Å². The van der Waals surface area contributed by atoms with Crippen LogP contribution in [0.5, 0.6) is 0 Å². The van der Waals surface area contributed by atoms with Crippen LogP contribution < -0.4 is 5.32 Å². The minimum absolute atomic E-state index is 0.0910. The number of nitrogens with one attached hydrogen (secondary N) is 1. The third kappa shape index (κ3) is 5.71. The number of carbonyl (C=O) groups is 2. The molecule has 2 aromatic carbocycles. The molecule has 2 amide bonds.